The van der Waals surface area contributed by atoms with Crippen molar-refractivity contribution in [1.82, 2.24) is 9.38 Å². The predicted molar refractivity (Wildman–Crippen MR) is 87.7 cm³/mol. The molecule has 3 nitrogen and oxygen atoms in total. The first-order valence-electron chi connectivity index (χ1n) is 6.68. The molecule has 0 spiro atoms. The van der Waals surface area contributed by atoms with E-state index in [1.165, 1.54) is 28.7 Å². The summed E-state index contributed by atoms with van der Waals surface area (Å²) in [6, 6.07) is 8.46. The molecule has 1 aromatic carbocycles. The standard InChI is InChI=1S/C16H16N2OS2/c1-16(2,3)11-4-6-12(7-5-11)21-14-13(10-19)18-8-9-20-15(18)17-14/h4-10H,1-3H3. The average Bonchev–Trinajstić information content (AvgIpc) is 2.98. The summed E-state index contributed by atoms with van der Waals surface area (Å²) in [6.07, 6.45) is 2.75. The highest BCUT2D eigenvalue weighted by Gasteiger charge is 2.15. The van der Waals surface area contributed by atoms with E-state index in [0.29, 0.717) is 5.69 Å². The minimum Gasteiger partial charge on any atom is -0.296 e. The largest absolute Gasteiger partial charge is 0.296 e. The molecule has 2 heterocycles. The normalized spacial score (nSPS) is 12.0. The molecule has 0 aliphatic carbocycles. The fourth-order valence-corrected chi connectivity index (χ4v) is 3.76. The lowest BCUT2D eigenvalue weighted by atomic mass is 9.87. The highest BCUT2D eigenvalue weighted by Crippen LogP contribution is 2.32. The fourth-order valence-electron chi connectivity index (χ4n) is 2.10. The Morgan fingerprint density at radius 2 is 1.95 bits per heavy atom. The van der Waals surface area contributed by atoms with Gasteiger partial charge in [0.2, 0.25) is 0 Å². The van der Waals surface area contributed by atoms with Gasteiger partial charge in [-0.3, -0.25) is 9.20 Å². The van der Waals surface area contributed by atoms with E-state index in [2.05, 4.69) is 50.0 Å². The Bertz CT molecular complexity index is 779. The van der Waals surface area contributed by atoms with Crippen LogP contribution < -0.4 is 0 Å². The van der Waals surface area contributed by atoms with Gasteiger partial charge in [0.15, 0.2) is 11.2 Å². The van der Waals surface area contributed by atoms with Gasteiger partial charge < -0.3 is 0 Å². The van der Waals surface area contributed by atoms with Gasteiger partial charge in [-0.05, 0) is 23.1 Å². The predicted octanol–water partition coefficient (Wildman–Crippen LogP) is 4.66. The highest BCUT2D eigenvalue weighted by molar-refractivity contribution is 7.99. The summed E-state index contributed by atoms with van der Waals surface area (Å²) in [5.74, 6) is 0. The van der Waals surface area contributed by atoms with E-state index in [1.54, 1.807) is 0 Å². The van der Waals surface area contributed by atoms with E-state index in [-0.39, 0.29) is 5.41 Å². The monoisotopic (exact) mass is 316 g/mol. The van der Waals surface area contributed by atoms with Crippen LogP contribution in [0.4, 0.5) is 0 Å². The summed E-state index contributed by atoms with van der Waals surface area (Å²) in [5.41, 5.74) is 2.07. The van der Waals surface area contributed by atoms with Crippen molar-refractivity contribution in [2.24, 2.45) is 0 Å². The number of rotatable bonds is 3. The van der Waals surface area contributed by atoms with Crippen molar-refractivity contribution < 1.29 is 4.79 Å². The number of aldehydes is 1. The summed E-state index contributed by atoms with van der Waals surface area (Å²) in [5, 5.41) is 2.70. The van der Waals surface area contributed by atoms with Crippen LogP contribution in [0.1, 0.15) is 36.8 Å². The van der Waals surface area contributed by atoms with Crippen molar-refractivity contribution >= 4 is 34.3 Å². The number of imidazole rings is 1. The maximum atomic E-state index is 11.3. The van der Waals surface area contributed by atoms with Crippen molar-refractivity contribution in [1.29, 1.82) is 0 Å². The number of carbonyl (C=O) groups excluding carboxylic acids is 1. The second-order valence-electron chi connectivity index (χ2n) is 5.85. The van der Waals surface area contributed by atoms with Gasteiger partial charge in [0.1, 0.15) is 10.7 Å². The molecular formula is C16H16N2OS2. The SMILES string of the molecule is CC(C)(C)c1ccc(Sc2nc3sccn3c2C=O)cc1. The molecule has 108 valence electrons. The van der Waals surface area contributed by atoms with Gasteiger partial charge in [-0.25, -0.2) is 4.98 Å². The average molecular weight is 316 g/mol. The van der Waals surface area contributed by atoms with Gasteiger partial charge in [-0.2, -0.15) is 0 Å². The molecule has 21 heavy (non-hydrogen) atoms. The van der Waals surface area contributed by atoms with Gasteiger partial charge in [0, 0.05) is 16.5 Å². The lowest BCUT2D eigenvalue weighted by Gasteiger charge is -2.18. The summed E-state index contributed by atoms with van der Waals surface area (Å²) < 4.78 is 1.84. The van der Waals surface area contributed by atoms with E-state index in [1.807, 2.05) is 16.0 Å². The van der Waals surface area contributed by atoms with Gasteiger partial charge in [0.25, 0.3) is 0 Å². The van der Waals surface area contributed by atoms with Crippen LogP contribution in [0.2, 0.25) is 0 Å². The number of aromatic nitrogens is 2. The lowest BCUT2D eigenvalue weighted by Crippen LogP contribution is -2.10. The van der Waals surface area contributed by atoms with Crippen LogP contribution in [0.15, 0.2) is 45.8 Å². The number of thiazole rings is 1. The van der Waals surface area contributed by atoms with Crippen molar-refractivity contribution in [2.45, 2.75) is 36.1 Å². The van der Waals surface area contributed by atoms with Crippen molar-refractivity contribution in [3.63, 3.8) is 0 Å². The molecule has 0 aliphatic heterocycles. The Hall–Kier alpha value is -1.59. The highest BCUT2D eigenvalue weighted by atomic mass is 32.2. The third-order valence-electron chi connectivity index (χ3n) is 3.31. The molecule has 0 saturated carbocycles. The number of carbonyl (C=O) groups is 1. The minimum absolute atomic E-state index is 0.147. The zero-order valence-electron chi connectivity index (χ0n) is 12.2. The van der Waals surface area contributed by atoms with Crippen LogP contribution in [-0.2, 0) is 5.41 Å². The van der Waals surface area contributed by atoms with Gasteiger partial charge in [0.05, 0.1) is 0 Å². The van der Waals surface area contributed by atoms with Gasteiger partial charge in [-0.1, -0.05) is 44.7 Å². The molecule has 0 unspecified atom stereocenters. The molecule has 0 bridgehead atoms. The van der Waals surface area contributed by atoms with E-state index in [0.717, 1.165) is 21.2 Å². The van der Waals surface area contributed by atoms with Crippen molar-refractivity contribution in [2.75, 3.05) is 0 Å². The Morgan fingerprint density at radius 3 is 2.57 bits per heavy atom. The van der Waals surface area contributed by atoms with Crippen molar-refractivity contribution in [3.8, 4) is 0 Å². The fraction of sp³-hybridized carbons (Fsp3) is 0.250. The Balaban J connectivity index is 1.91. The van der Waals surface area contributed by atoms with E-state index < -0.39 is 0 Å². The maximum absolute atomic E-state index is 11.3. The number of hydrogen-bond acceptors (Lipinski definition) is 4. The summed E-state index contributed by atoms with van der Waals surface area (Å²) in [4.78, 5) is 17.8. The molecule has 0 radical (unpaired) electrons. The Kier molecular flexibility index (Phi) is 3.63. The van der Waals surface area contributed by atoms with Crippen LogP contribution in [0.5, 0.6) is 0 Å². The van der Waals surface area contributed by atoms with Crippen LogP contribution in [0, 0.1) is 0 Å². The second-order valence-corrected chi connectivity index (χ2v) is 7.79. The van der Waals surface area contributed by atoms with E-state index in [9.17, 15) is 4.79 Å². The molecule has 0 aliphatic rings. The second kappa shape index (κ2) is 5.31. The first-order valence-corrected chi connectivity index (χ1v) is 8.38. The molecule has 0 amide bonds. The number of benzene rings is 1. The molecule has 0 atom stereocenters. The summed E-state index contributed by atoms with van der Waals surface area (Å²) in [7, 11) is 0. The third kappa shape index (κ3) is 2.76. The molecule has 0 N–H and O–H groups in total. The number of hydrogen-bond donors (Lipinski definition) is 0. The van der Waals surface area contributed by atoms with Crippen LogP contribution in [-0.4, -0.2) is 15.7 Å². The van der Waals surface area contributed by atoms with Gasteiger partial charge in [-0.15, -0.1) is 11.3 Å². The van der Waals surface area contributed by atoms with Crippen LogP contribution >= 0.6 is 23.1 Å². The minimum atomic E-state index is 0.147. The molecular weight excluding hydrogens is 300 g/mol. The molecule has 2 aromatic heterocycles. The van der Waals surface area contributed by atoms with Crippen molar-refractivity contribution in [3.05, 3.63) is 47.1 Å². The maximum Gasteiger partial charge on any atom is 0.195 e. The lowest BCUT2D eigenvalue weighted by molar-refractivity contribution is 0.111. The summed E-state index contributed by atoms with van der Waals surface area (Å²) >= 11 is 3.07. The zero-order chi connectivity index (χ0) is 15.0. The first kappa shape index (κ1) is 14.4. The Morgan fingerprint density at radius 1 is 1.24 bits per heavy atom. The Labute approximate surface area is 132 Å². The topological polar surface area (TPSA) is 34.4 Å². The number of nitrogens with zero attached hydrogens (tertiary/aromatic N) is 2. The quantitative estimate of drug-likeness (QED) is 0.659. The molecule has 3 aromatic rings. The smallest absolute Gasteiger partial charge is 0.195 e. The van der Waals surface area contributed by atoms with E-state index in [4.69, 9.17) is 0 Å². The molecule has 3 rings (SSSR count). The summed E-state index contributed by atoms with van der Waals surface area (Å²) in [6.45, 7) is 6.59. The molecule has 5 heteroatoms. The number of fused-ring (bicyclic) bond motifs is 1. The third-order valence-corrected chi connectivity index (χ3v) is 5.07. The molecule has 0 saturated heterocycles. The van der Waals surface area contributed by atoms with E-state index >= 15 is 0 Å². The molecule has 0 fully saturated rings. The van der Waals surface area contributed by atoms with Gasteiger partial charge >= 0.3 is 0 Å². The van der Waals surface area contributed by atoms with Crippen LogP contribution in [0.3, 0.4) is 0 Å². The zero-order valence-corrected chi connectivity index (χ0v) is 13.8. The van der Waals surface area contributed by atoms with Crippen LogP contribution in [0.25, 0.3) is 4.96 Å². The first-order chi connectivity index (χ1) is 9.99.